The van der Waals surface area contributed by atoms with E-state index >= 15 is 0 Å². The highest BCUT2D eigenvalue weighted by Crippen LogP contribution is 2.27. The second kappa shape index (κ2) is 5.20. The topological polar surface area (TPSA) is 66.8 Å². The van der Waals surface area contributed by atoms with Gasteiger partial charge in [0.1, 0.15) is 5.82 Å². The van der Waals surface area contributed by atoms with E-state index in [2.05, 4.69) is 0 Å². The minimum Gasteiger partial charge on any atom is -0.479 e. The van der Waals surface area contributed by atoms with Gasteiger partial charge in [-0.2, -0.15) is 0 Å². The van der Waals surface area contributed by atoms with Crippen LogP contribution in [0.4, 0.5) is 4.39 Å². The third-order valence-corrected chi connectivity index (χ3v) is 3.72. The van der Waals surface area contributed by atoms with Crippen molar-refractivity contribution in [2.45, 2.75) is 18.9 Å². The van der Waals surface area contributed by atoms with E-state index in [0.717, 1.165) is 0 Å². The molecule has 1 unspecified atom stereocenters. The molecule has 1 atom stereocenters. The number of likely N-dealkylation sites (tertiary alicyclic amines) is 1. The molecule has 108 valence electrons. The summed E-state index contributed by atoms with van der Waals surface area (Å²) < 4.78 is 19.0. The summed E-state index contributed by atoms with van der Waals surface area (Å²) >= 11 is 0. The van der Waals surface area contributed by atoms with Gasteiger partial charge in [0.05, 0.1) is 12.1 Å². The molecule has 0 aliphatic carbocycles. The summed E-state index contributed by atoms with van der Waals surface area (Å²) in [6.07, 6.45) is 0.192. The Morgan fingerprint density at radius 2 is 2.15 bits per heavy atom. The summed E-state index contributed by atoms with van der Waals surface area (Å²) in [6.45, 7) is 1.73. The van der Waals surface area contributed by atoms with Crippen molar-refractivity contribution in [3.8, 4) is 0 Å². The van der Waals surface area contributed by atoms with Crippen LogP contribution in [0.15, 0.2) is 18.2 Å². The van der Waals surface area contributed by atoms with Crippen molar-refractivity contribution >= 4 is 11.9 Å². The summed E-state index contributed by atoms with van der Waals surface area (Å²) in [5.74, 6) is -2.19. The van der Waals surface area contributed by atoms with Crippen LogP contribution in [0.1, 0.15) is 22.3 Å². The maximum Gasteiger partial charge on any atom is 0.337 e. The van der Waals surface area contributed by atoms with Crippen LogP contribution in [0, 0.1) is 12.7 Å². The quantitative estimate of drug-likeness (QED) is 0.910. The highest BCUT2D eigenvalue weighted by Gasteiger charge is 2.47. The number of amides is 1. The maximum atomic E-state index is 13.9. The van der Waals surface area contributed by atoms with E-state index in [0.29, 0.717) is 5.56 Å². The fourth-order valence-corrected chi connectivity index (χ4v) is 2.37. The molecule has 1 aliphatic heterocycles. The molecule has 0 radical (unpaired) electrons. The number of hydrogen-bond acceptors (Lipinski definition) is 3. The normalized spacial score (nSPS) is 22.1. The molecule has 1 saturated heterocycles. The van der Waals surface area contributed by atoms with Crippen molar-refractivity contribution in [2.24, 2.45) is 0 Å². The second-order valence-electron chi connectivity index (χ2n) is 4.92. The monoisotopic (exact) mass is 281 g/mol. The summed E-state index contributed by atoms with van der Waals surface area (Å²) in [5, 5.41) is 9.20. The van der Waals surface area contributed by atoms with Gasteiger partial charge in [0, 0.05) is 20.1 Å². The third kappa shape index (κ3) is 2.27. The van der Waals surface area contributed by atoms with Gasteiger partial charge in [-0.1, -0.05) is 12.1 Å². The number of ether oxygens (including phenoxy) is 1. The number of aryl methyl sites for hydroxylation is 1. The molecule has 1 amide bonds. The Morgan fingerprint density at radius 3 is 2.70 bits per heavy atom. The lowest BCUT2D eigenvalue weighted by atomic mass is 10.0. The van der Waals surface area contributed by atoms with E-state index in [1.807, 2.05) is 0 Å². The Morgan fingerprint density at radius 1 is 1.45 bits per heavy atom. The van der Waals surface area contributed by atoms with Gasteiger partial charge in [-0.05, 0) is 18.6 Å². The minimum absolute atomic E-state index is 0.0395. The fraction of sp³-hybridized carbons (Fsp3) is 0.429. The van der Waals surface area contributed by atoms with Gasteiger partial charge in [-0.3, -0.25) is 4.79 Å². The Labute approximate surface area is 116 Å². The fourth-order valence-electron chi connectivity index (χ4n) is 2.37. The van der Waals surface area contributed by atoms with E-state index < -0.39 is 23.3 Å². The van der Waals surface area contributed by atoms with Gasteiger partial charge in [0.25, 0.3) is 5.91 Å². The van der Waals surface area contributed by atoms with Crippen molar-refractivity contribution < 1.29 is 23.8 Å². The Hall–Kier alpha value is -1.95. The molecule has 2 rings (SSSR count). The van der Waals surface area contributed by atoms with Crippen molar-refractivity contribution in [3.05, 3.63) is 35.1 Å². The number of carbonyl (C=O) groups excluding carboxylic acids is 1. The summed E-state index contributed by atoms with van der Waals surface area (Å²) in [4.78, 5) is 24.8. The summed E-state index contributed by atoms with van der Waals surface area (Å²) in [5.41, 5.74) is -1.05. The number of hydrogen-bond donors (Lipinski definition) is 1. The van der Waals surface area contributed by atoms with Crippen LogP contribution in [-0.4, -0.2) is 47.7 Å². The Balaban J connectivity index is 2.24. The lowest BCUT2D eigenvalue weighted by molar-refractivity contribution is -0.160. The van der Waals surface area contributed by atoms with Gasteiger partial charge in [-0.15, -0.1) is 0 Å². The number of aliphatic carboxylic acids is 1. The van der Waals surface area contributed by atoms with Crippen LogP contribution < -0.4 is 0 Å². The van der Waals surface area contributed by atoms with E-state index in [9.17, 15) is 19.1 Å². The van der Waals surface area contributed by atoms with Crippen LogP contribution in [0.5, 0.6) is 0 Å². The first-order valence-electron chi connectivity index (χ1n) is 6.24. The standard InChI is InChI=1S/C14H16FNO4/c1-9-4-3-5-10(11(9)15)12(17)16-7-6-14(8-16,20-2)13(18)19/h3-5H,6-8H2,1-2H3,(H,18,19). The Kier molecular flexibility index (Phi) is 3.76. The van der Waals surface area contributed by atoms with Crippen LogP contribution >= 0.6 is 0 Å². The lowest BCUT2D eigenvalue weighted by Gasteiger charge is -2.23. The highest BCUT2D eigenvalue weighted by molar-refractivity contribution is 5.95. The van der Waals surface area contributed by atoms with Crippen LogP contribution in [0.25, 0.3) is 0 Å². The Bertz CT molecular complexity index is 560. The number of carboxylic acid groups (broad SMARTS) is 1. The molecule has 0 aromatic heterocycles. The molecule has 0 spiro atoms. The largest absolute Gasteiger partial charge is 0.479 e. The molecular formula is C14H16FNO4. The van der Waals surface area contributed by atoms with Crippen LogP contribution in [0.2, 0.25) is 0 Å². The van der Waals surface area contributed by atoms with Gasteiger partial charge >= 0.3 is 5.97 Å². The minimum atomic E-state index is -1.39. The average molecular weight is 281 g/mol. The molecule has 1 heterocycles. The predicted octanol–water partition coefficient (Wildman–Crippen LogP) is 1.45. The number of rotatable bonds is 3. The van der Waals surface area contributed by atoms with E-state index in [1.165, 1.54) is 18.1 Å². The van der Waals surface area contributed by atoms with Gasteiger partial charge < -0.3 is 14.7 Å². The molecule has 6 heteroatoms. The third-order valence-electron chi connectivity index (χ3n) is 3.72. The molecule has 1 N–H and O–H groups in total. The number of methoxy groups -OCH3 is 1. The van der Waals surface area contributed by atoms with Crippen molar-refractivity contribution in [1.29, 1.82) is 0 Å². The SMILES string of the molecule is COC1(C(=O)O)CCN(C(=O)c2cccc(C)c2F)C1. The number of benzene rings is 1. The first kappa shape index (κ1) is 14.5. The van der Waals surface area contributed by atoms with E-state index in [4.69, 9.17) is 4.74 Å². The molecule has 5 nitrogen and oxygen atoms in total. The number of carboxylic acids is 1. The first-order valence-corrected chi connectivity index (χ1v) is 6.24. The molecular weight excluding hydrogens is 265 g/mol. The maximum absolute atomic E-state index is 13.9. The van der Waals surface area contributed by atoms with Crippen molar-refractivity contribution in [1.82, 2.24) is 4.90 Å². The first-order chi connectivity index (χ1) is 9.41. The van der Waals surface area contributed by atoms with Crippen LogP contribution in [0.3, 0.4) is 0 Å². The molecule has 1 aliphatic rings. The summed E-state index contributed by atoms with van der Waals surface area (Å²) in [6, 6.07) is 4.58. The smallest absolute Gasteiger partial charge is 0.337 e. The van der Waals surface area contributed by atoms with E-state index in [1.54, 1.807) is 19.1 Å². The zero-order valence-corrected chi connectivity index (χ0v) is 11.4. The highest BCUT2D eigenvalue weighted by atomic mass is 19.1. The van der Waals surface area contributed by atoms with Crippen LogP contribution in [-0.2, 0) is 9.53 Å². The number of carbonyl (C=O) groups is 2. The molecule has 0 bridgehead atoms. The lowest BCUT2D eigenvalue weighted by Crippen LogP contribution is -2.44. The number of halogens is 1. The van der Waals surface area contributed by atoms with Crippen molar-refractivity contribution in [2.75, 3.05) is 20.2 Å². The second-order valence-corrected chi connectivity index (χ2v) is 4.92. The van der Waals surface area contributed by atoms with Crippen molar-refractivity contribution in [3.63, 3.8) is 0 Å². The predicted molar refractivity (Wildman–Crippen MR) is 69.0 cm³/mol. The van der Waals surface area contributed by atoms with Gasteiger partial charge in [0.15, 0.2) is 5.60 Å². The molecule has 1 fully saturated rings. The van der Waals surface area contributed by atoms with Gasteiger partial charge in [0.2, 0.25) is 0 Å². The average Bonchev–Trinajstić information content (AvgIpc) is 2.87. The summed E-state index contributed by atoms with van der Waals surface area (Å²) in [7, 11) is 1.30. The van der Waals surface area contributed by atoms with Gasteiger partial charge in [-0.25, -0.2) is 9.18 Å². The molecule has 1 aromatic carbocycles. The molecule has 1 aromatic rings. The molecule has 20 heavy (non-hydrogen) atoms. The van der Waals surface area contributed by atoms with E-state index in [-0.39, 0.29) is 25.1 Å². The zero-order chi connectivity index (χ0) is 14.9. The zero-order valence-electron chi connectivity index (χ0n) is 11.4. The number of nitrogens with zero attached hydrogens (tertiary/aromatic N) is 1. The molecule has 0 saturated carbocycles.